The molecule has 2 N–H and O–H groups in total. The number of benzene rings is 2. The van der Waals surface area contributed by atoms with E-state index in [1.54, 1.807) is 30.3 Å². The zero-order valence-corrected chi connectivity index (χ0v) is 14.4. The molecule has 0 unspecified atom stereocenters. The fourth-order valence-electron chi connectivity index (χ4n) is 3.04. The van der Waals surface area contributed by atoms with E-state index in [0.717, 1.165) is 12.1 Å². The highest BCUT2D eigenvalue weighted by Crippen LogP contribution is 2.36. The van der Waals surface area contributed by atoms with Crippen LogP contribution in [0.5, 0.6) is 0 Å². The molecule has 27 heavy (non-hydrogen) atoms. The molecule has 1 saturated carbocycles. The van der Waals surface area contributed by atoms with Crippen LogP contribution in [0.25, 0.3) is 0 Å². The van der Waals surface area contributed by atoms with Crippen LogP contribution in [0.1, 0.15) is 35.6 Å². The summed E-state index contributed by atoms with van der Waals surface area (Å²) in [7, 11) is 0. The number of alkyl halides is 3. The fourth-order valence-corrected chi connectivity index (χ4v) is 3.04. The molecule has 0 spiro atoms. The number of carbonyl (C=O) groups excluding carboxylic acids is 2. The van der Waals surface area contributed by atoms with Gasteiger partial charge >= 0.3 is 6.18 Å². The van der Waals surface area contributed by atoms with Gasteiger partial charge in [0, 0.05) is 12.5 Å². The van der Waals surface area contributed by atoms with Gasteiger partial charge in [-0.15, -0.1) is 0 Å². The van der Waals surface area contributed by atoms with Crippen molar-refractivity contribution in [1.29, 1.82) is 0 Å². The minimum atomic E-state index is -4.48. The van der Waals surface area contributed by atoms with Crippen molar-refractivity contribution in [2.45, 2.75) is 31.6 Å². The van der Waals surface area contributed by atoms with Gasteiger partial charge < -0.3 is 10.6 Å². The van der Waals surface area contributed by atoms with Crippen LogP contribution in [0.4, 0.5) is 13.2 Å². The van der Waals surface area contributed by atoms with E-state index in [4.69, 9.17) is 5.73 Å². The highest BCUT2D eigenvalue weighted by atomic mass is 19.4. The number of hydrogen-bond donors (Lipinski definition) is 1. The van der Waals surface area contributed by atoms with Gasteiger partial charge in [0.2, 0.25) is 11.8 Å². The second kappa shape index (κ2) is 7.42. The summed E-state index contributed by atoms with van der Waals surface area (Å²) in [6.45, 7) is -0.123. The average molecular weight is 376 g/mol. The van der Waals surface area contributed by atoms with E-state index >= 15 is 0 Å². The first-order chi connectivity index (χ1) is 12.8. The normalized spacial score (nSPS) is 15.2. The third kappa shape index (κ3) is 4.48. The standard InChI is InChI=1S/C20H19F3N2O2/c21-20(22,23)16-8-4-5-13(11-16)12-25(19(27)15-9-10-15)17(18(24)26)14-6-2-1-3-7-14/h1-8,11,15,17H,9-10,12H2,(H2,24,26)/t17-/m1/s1. The van der Waals surface area contributed by atoms with Crippen LogP contribution >= 0.6 is 0 Å². The molecule has 1 fully saturated rings. The van der Waals surface area contributed by atoms with Crippen molar-refractivity contribution in [3.63, 3.8) is 0 Å². The van der Waals surface area contributed by atoms with Gasteiger partial charge in [0.15, 0.2) is 0 Å². The van der Waals surface area contributed by atoms with Gasteiger partial charge in [0.25, 0.3) is 0 Å². The van der Waals surface area contributed by atoms with Gasteiger partial charge in [-0.1, -0.05) is 42.5 Å². The average Bonchev–Trinajstić information content (AvgIpc) is 3.46. The lowest BCUT2D eigenvalue weighted by molar-refractivity contribution is -0.141. The summed E-state index contributed by atoms with van der Waals surface area (Å²) >= 11 is 0. The molecule has 1 atom stereocenters. The first kappa shape index (κ1) is 18.9. The van der Waals surface area contributed by atoms with Crippen molar-refractivity contribution in [3.8, 4) is 0 Å². The number of nitrogens with zero attached hydrogens (tertiary/aromatic N) is 1. The van der Waals surface area contributed by atoms with E-state index in [9.17, 15) is 22.8 Å². The zero-order valence-electron chi connectivity index (χ0n) is 14.4. The molecular formula is C20H19F3N2O2. The van der Waals surface area contributed by atoms with Crippen molar-refractivity contribution < 1.29 is 22.8 Å². The lowest BCUT2D eigenvalue weighted by Crippen LogP contribution is -2.42. The van der Waals surface area contributed by atoms with E-state index in [0.29, 0.717) is 24.0 Å². The van der Waals surface area contributed by atoms with Gasteiger partial charge in [0.1, 0.15) is 6.04 Å². The van der Waals surface area contributed by atoms with Gasteiger partial charge in [-0.2, -0.15) is 13.2 Å². The predicted octanol–water partition coefficient (Wildman–Crippen LogP) is 3.67. The Hall–Kier alpha value is -2.83. The van der Waals surface area contributed by atoms with Crippen LogP contribution in [-0.4, -0.2) is 16.7 Å². The molecule has 1 aliphatic carbocycles. The summed E-state index contributed by atoms with van der Waals surface area (Å²) in [4.78, 5) is 26.3. The second-order valence-electron chi connectivity index (χ2n) is 6.65. The molecule has 4 nitrogen and oxygen atoms in total. The van der Waals surface area contributed by atoms with Crippen molar-refractivity contribution in [2.75, 3.05) is 0 Å². The molecule has 3 rings (SSSR count). The second-order valence-corrected chi connectivity index (χ2v) is 6.65. The highest BCUT2D eigenvalue weighted by molar-refractivity contribution is 5.89. The van der Waals surface area contributed by atoms with Crippen LogP contribution in [0, 0.1) is 5.92 Å². The molecule has 0 aliphatic heterocycles. The van der Waals surface area contributed by atoms with Crippen molar-refractivity contribution in [3.05, 3.63) is 71.3 Å². The van der Waals surface area contributed by atoms with Crippen molar-refractivity contribution in [1.82, 2.24) is 4.90 Å². The van der Waals surface area contributed by atoms with Crippen LogP contribution in [0.15, 0.2) is 54.6 Å². The summed E-state index contributed by atoms with van der Waals surface area (Å²) < 4.78 is 39.0. The number of rotatable bonds is 6. The van der Waals surface area contributed by atoms with Crippen LogP contribution < -0.4 is 5.73 Å². The quantitative estimate of drug-likeness (QED) is 0.836. The van der Waals surface area contributed by atoms with E-state index in [1.807, 2.05) is 0 Å². The van der Waals surface area contributed by atoms with Gasteiger partial charge in [-0.05, 0) is 36.1 Å². The molecule has 0 heterocycles. The number of hydrogen-bond acceptors (Lipinski definition) is 2. The summed E-state index contributed by atoms with van der Waals surface area (Å²) in [5, 5.41) is 0. The van der Waals surface area contributed by atoms with E-state index in [1.165, 1.54) is 17.0 Å². The van der Waals surface area contributed by atoms with Crippen molar-refractivity contribution in [2.24, 2.45) is 11.7 Å². The molecule has 1 aliphatic rings. The molecule has 2 aromatic rings. The smallest absolute Gasteiger partial charge is 0.368 e. The largest absolute Gasteiger partial charge is 0.416 e. The Morgan fingerprint density at radius 2 is 1.74 bits per heavy atom. The van der Waals surface area contributed by atoms with Crippen LogP contribution in [0.3, 0.4) is 0 Å². The predicted molar refractivity (Wildman–Crippen MR) is 93.1 cm³/mol. The summed E-state index contributed by atoms with van der Waals surface area (Å²) in [6, 6.07) is 12.3. The Kier molecular flexibility index (Phi) is 5.21. The molecule has 0 radical (unpaired) electrons. The van der Waals surface area contributed by atoms with E-state index in [-0.39, 0.29) is 18.4 Å². The maximum atomic E-state index is 13.0. The number of primary amides is 1. The topological polar surface area (TPSA) is 63.4 Å². The molecule has 2 amide bonds. The Morgan fingerprint density at radius 3 is 2.30 bits per heavy atom. The molecule has 142 valence electrons. The Bertz CT molecular complexity index is 833. The molecule has 2 aromatic carbocycles. The molecule has 0 bridgehead atoms. The minimum absolute atomic E-state index is 0.123. The fraction of sp³-hybridized carbons (Fsp3) is 0.300. The lowest BCUT2D eigenvalue weighted by atomic mass is 10.0. The summed E-state index contributed by atoms with van der Waals surface area (Å²) in [5.74, 6) is -1.19. The highest BCUT2D eigenvalue weighted by Gasteiger charge is 2.39. The molecule has 0 saturated heterocycles. The Morgan fingerprint density at radius 1 is 1.07 bits per heavy atom. The Labute approximate surface area is 154 Å². The monoisotopic (exact) mass is 376 g/mol. The van der Waals surface area contributed by atoms with E-state index < -0.39 is 23.7 Å². The lowest BCUT2D eigenvalue weighted by Gasteiger charge is -2.30. The van der Waals surface area contributed by atoms with Crippen LogP contribution in [-0.2, 0) is 22.3 Å². The number of amides is 2. The van der Waals surface area contributed by atoms with Gasteiger partial charge in [-0.25, -0.2) is 0 Å². The van der Waals surface area contributed by atoms with Gasteiger partial charge in [-0.3, -0.25) is 9.59 Å². The first-order valence-electron chi connectivity index (χ1n) is 8.58. The minimum Gasteiger partial charge on any atom is -0.368 e. The maximum Gasteiger partial charge on any atom is 0.416 e. The SMILES string of the molecule is NC(=O)[C@@H](c1ccccc1)N(Cc1cccc(C(F)(F)F)c1)C(=O)C1CC1. The molecule has 7 heteroatoms. The molecule has 0 aromatic heterocycles. The number of carbonyl (C=O) groups is 2. The summed E-state index contributed by atoms with van der Waals surface area (Å²) in [6.07, 6.45) is -3.07. The van der Waals surface area contributed by atoms with Crippen molar-refractivity contribution >= 4 is 11.8 Å². The van der Waals surface area contributed by atoms with Crippen LogP contribution in [0.2, 0.25) is 0 Å². The Balaban J connectivity index is 1.96. The third-order valence-electron chi connectivity index (χ3n) is 4.51. The van der Waals surface area contributed by atoms with E-state index in [2.05, 4.69) is 0 Å². The number of halogens is 3. The zero-order chi connectivity index (χ0) is 19.6. The third-order valence-corrected chi connectivity index (χ3v) is 4.51. The molecular weight excluding hydrogens is 357 g/mol. The summed E-state index contributed by atoms with van der Waals surface area (Å²) in [5.41, 5.74) is 5.60. The van der Waals surface area contributed by atoms with Gasteiger partial charge in [0.05, 0.1) is 5.56 Å². The number of nitrogens with two attached hydrogens (primary N) is 1. The first-order valence-corrected chi connectivity index (χ1v) is 8.58. The maximum absolute atomic E-state index is 13.0.